The number of halogens is 3. The highest BCUT2D eigenvalue weighted by Gasteiger charge is 2.52. The molecule has 3 aromatic rings. The summed E-state index contributed by atoms with van der Waals surface area (Å²) in [5.74, 6) is 0. The van der Waals surface area contributed by atoms with Crippen molar-refractivity contribution in [3.63, 3.8) is 0 Å². The van der Waals surface area contributed by atoms with Crippen LogP contribution in [0.4, 0.5) is 24.5 Å². The fourth-order valence-corrected chi connectivity index (χ4v) is 5.68. The van der Waals surface area contributed by atoms with Crippen LogP contribution in [0.2, 0.25) is 0 Å². The largest absolute Gasteiger partial charge is 0.741 e. The van der Waals surface area contributed by atoms with Crippen molar-refractivity contribution >= 4 is 27.8 Å². The first-order valence-electron chi connectivity index (χ1n) is 12.5. The fraction of sp³-hybridized carbons (Fsp3) is 0.367. The number of nitrogens with zero attached hydrogens (tertiary/aromatic N) is 2. The van der Waals surface area contributed by atoms with Crippen molar-refractivity contribution in [3.8, 4) is 0 Å². The smallest absolute Gasteiger partial charge is 0.485 e. The molecule has 0 saturated carbocycles. The standard InChI is InChI=1S/C29H35N2.CHF3O3S/c1-19-14-21(3)26(22(4)15-19)30-18-31(27-23(5)16-20(2)17-24(27)6)29(7,8)28(30)25-12-10-9-11-13-25;2-1(3,4)8(5,6)7/h9-18,28H,1-8H3;(H,5,6,7)/q+1;/p-1/t28-;/m1./s1. The lowest BCUT2D eigenvalue weighted by atomic mass is 9.86. The number of rotatable bonds is 3. The predicted molar refractivity (Wildman–Crippen MR) is 149 cm³/mol. The normalized spacial score (nSPS) is 17.0. The minimum atomic E-state index is -6.09. The van der Waals surface area contributed by atoms with Crippen molar-refractivity contribution in [1.82, 2.24) is 0 Å². The molecule has 9 heteroatoms. The van der Waals surface area contributed by atoms with Crippen LogP contribution in [0.3, 0.4) is 0 Å². The van der Waals surface area contributed by atoms with E-state index in [1.54, 1.807) is 0 Å². The van der Waals surface area contributed by atoms with Gasteiger partial charge in [0.2, 0.25) is 6.34 Å². The van der Waals surface area contributed by atoms with Crippen LogP contribution in [0, 0.1) is 41.5 Å². The second-order valence-corrected chi connectivity index (χ2v) is 12.1. The molecule has 0 unspecified atom stereocenters. The van der Waals surface area contributed by atoms with E-state index in [4.69, 9.17) is 13.0 Å². The molecule has 0 radical (unpaired) electrons. The Balaban J connectivity index is 0.000000459. The van der Waals surface area contributed by atoms with Crippen molar-refractivity contribution in [1.29, 1.82) is 0 Å². The molecular formula is C30H35F3N2O3S. The Kier molecular flexibility index (Phi) is 8.39. The summed E-state index contributed by atoms with van der Waals surface area (Å²) in [5, 5.41) is 0. The lowest BCUT2D eigenvalue weighted by Gasteiger charge is -2.32. The number of hydrogen-bond acceptors (Lipinski definition) is 4. The van der Waals surface area contributed by atoms with E-state index in [2.05, 4.69) is 126 Å². The number of anilines is 1. The second kappa shape index (κ2) is 10.8. The number of hydrogen-bond donors (Lipinski definition) is 0. The Morgan fingerprint density at radius 2 is 1.23 bits per heavy atom. The van der Waals surface area contributed by atoms with Crippen molar-refractivity contribution in [2.24, 2.45) is 0 Å². The summed E-state index contributed by atoms with van der Waals surface area (Å²) < 4.78 is 61.4. The highest BCUT2D eigenvalue weighted by atomic mass is 32.2. The van der Waals surface area contributed by atoms with Gasteiger partial charge >= 0.3 is 5.51 Å². The quantitative estimate of drug-likeness (QED) is 0.192. The average molecular weight is 561 g/mol. The van der Waals surface area contributed by atoms with E-state index in [0.717, 1.165) is 0 Å². The first-order valence-corrected chi connectivity index (χ1v) is 13.9. The number of benzene rings is 3. The molecule has 1 aliphatic rings. The summed E-state index contributed by atoms with van der Waals surface area (Å²) in [5.41, 5.74) is 6.14. The maximum atomic E-state index is 10.7. The van der Waals surface area contributed by atoms with E-state index in [1.165, 1.54) is 50.3 Å². The molecule has 1 aliphatic heterocycles. The molecule has 0 aromatic heterocycles. The molecular weight excluding hydrogens is 525 g/mol. The molecule has 4 rings (SSSR count). The molecule has 210 valence electrons. The SMILES string of the molecule is Cc1cc(C)c(N2C=[N+](c3c(C)cc(C)cc3C)[C@H](c3ccccc3)C2(C)C)c(C)c1.O=S(=O)([O-])C(F)(F)F. The first kappa shape index (κ1) is 30.4. The Morgan fingerprint density at radius 3 is 1.64 bits per heavy atom. The molecule has 0 spiro atoms. The Labute approximate surface area is 229 Å². The van der Waals surface area contributed by atoms with Crippen molar-refractivity contribution in [3.05, 3.63) is 93.5 Å². The molecule has 0 saturated heterocycles. The molecule has 1 heterocycles. The average Bonchev–Trinajstić information content (AvgIpc) is 3.02. The Hall–Kier alpha value is -3.17. The van der Waals surface area contributed by atoms with Gasteiger partial charge in [-0.25, -0.2) is 17.9 Å². The van der Waals surface area contributed by atoms with Crippen molar-refractivity contribution in [2.75, 3.05) is 4.90 Å². The molecule has 0 aliphatic carbocycles. The van der Waals surface area contributed by atoms with Crippen LogP contribution in [0.25, 0.3) is 0 Å². The van der Waals surface area contributed by atoms with E-state index in [0.29, 0.717) is 0 Å². The topological polar surface area (TPSA) is 63.5 Å². The third-order valence-electron chi connectivity index (χ3n) is 6.98. The summed E-state index contributed by atoms with van der Waals surface area (Å²) in [6, 6.07) is 20.4. The van der Waals surface area contributed by atoms with Crippen LogP contribution >= 0.6 is 0 Å². The van der Waals surface area contributed by atoms with Gasteiger partial charge in [-0.2, -0.15) is 13.2 Å². The Bertz CT molecular complexity index is 1470. The van der Waals surface area contributed by atoms with Crippen LogP contribution in [0.5, 0.6) is 0 Å². The second-order valence-electron chi connectivity index (χ2n) is 10.8. The maximum absolute atomic E-state index is 10.7. The van der Waals surface area contributed by atoms with Crippen LogP contribution in [-0.2, 0) is 10.1 Å². The summed E-state index contributed by atoms with van der Waals surface area (Å²) in [7, 11) is -6.09. The highest BCUT2D eigenvalue weighted by Crippen LogP contribution is 2.46. The summed E-state index contributed by atoms with van der Waals surface area (Å²) in [6.07, 6.45) is 2.35. The predicted octanol–water partition coefficient (Wildman–Crippen LogP) is 7.30. The zero-order valence-electron chi connectivity index (χ0n) is 23.5. The number of aryl methyl sites for hydroxylation is 6. The minimum Gasteiger partial charge on any atom is -0.741 e. The van der Waals surface area contributed by atoms with E-state index in [-0.39, 0.29) is 11.6 Å². The highest BCUT2D eigenvalue weighted by molar-refractivity contribution is 7.86. The van der Waals surface area contributed by atoms with Gasteiger partial charge < -0.3 is 4.55 Å². The van der Waals surface area contributed by atoms with Gasteiger partial charge in [-0.15, -0.1) is 0 Å². The minimum absolute atomic E-state index is 0.129. The van der Waals surface area contributed by atoms with E-state index in [1.807, 2.05) is 0 Å². The molecule has 0 bridgehead atoms. The summed E-state index contributed by atoms with van der Waals surface area (Å²) in [6.45, 7) is 18.1. The van der Waals surface area contributed by atoms with Gasteiger partial charge in [-0.05, 0) is 77.6 Å². The van der Waals surface area contributed by atoms with Crippen LogP contribution in [0.1, 0.15) is 58.8 Å². The molecule has 0 amide bonds. The third-order valence-corrected chi connectivity index (χ3v) is 7.54. The Morgan fingerprint density at radius 1 is 0.821 bits per heavy atom. The van der Waals surface area contributed by atoms with E-state index in [9.17, 15) is 13.2 Å². The summed E-state index contributed by atoms with van der Waals surface area (Å²) in [4.78, 5) is 2.51. The number of alkyl halides is 3. The monoisotopic (exact) mass is 560 g/mol. The van der Waals surface area contributed by atoms with Crippen LogP contribution < -0.4 is 4.90 Å². The molecule has 39 heavy (non-hydrogen) atoms. The van der Waals surface area contributed by atoms with E-state index >= 15 is 0 Å². The van der Waals surface area contributed by atoms with Crippen LogP contribution in [0.15, 0.2) is 54.6 Å². The maximum Gasteiger partial charge on any atom is 0.485 e. The van der Waals surface area contributed by atoms with Gasteiger partial charge in [0.25, 0.3) is 0 Å². The molecule has 0 N–H and O–H groups in total. The third kappa shape index (κ3) is 6.20. The zero-order chi connectivity index (χ0) is 29.5. The van der Waals surface area contributed by atoms with Crippen molar-refractivity contribution < 1.29 is 30.7 Å². The van der Waals surface area contributed by atoms with Gasteiger partial charge in [-0.1, -0.05) is 65.7 Å². The lowest BCUT2D eigenvalue weighted by molar-refractivity contribution is -0.487. The van der Waals surface area contributed by atoms with Crippen molar-refractivity contribution in [2.45, 2.75) is 72.5 Å². The van der Waals surface area contributed by atoms with Gasteiger partial charge in [0.05, 0.1) is 0 Å². The lowest BCUT2D eigenvalue weighted by Crippen LogP contribution is -2.44. The zero-order valence-corrected chi connectivity index (χ0v) is 24.3. The summed E-state index contributed by atoms with van der Waals surface area (Å²) >= 11 is 0. The van der Waals surface area contributed by atoms with Crippen LogP contribution in [-0.4, -0.2) is 34.9 Å². The molecule has 3 aromatic carbocycles. The fourth-order valence-electron chi connectivity index (χ4n) is 5.68. The molecule has 1 atom stereocenters. The van der Waals surface area contributed by atoms with Gasteiger partial charge in [0.15, 0.2) is 21.7 Å². The van der Waals surface area contributed by atoms with Gasteiger partial charge in [-0.3, -0.25) is 0 Å². The first-order chi connectivity index (χ1) is 17.9. The molecule has 0 fully saturated rings. The molecule has 5 nitrogen and oxygen atoms in total. The van der Waals surface area contributed by atoms with Gasteiger partial charge in [0.1, 0.15) is 11.4 Å². The van der Waals surface area contributed by atoms with E-state index < -0.39 is 15.6 Å². The van der Waals surface area contributed by atoms with Gasteiger partial charge in [0, 0.05) is 5.56 Å².